The number of rotatable bonds is 4. The first-order chi connectivity index (χ1) is 15.9. The topological polar surface area (TPSA) is 100 Å². The van der Waals surface area contributed by atoms with E-state index < -0.39 is 16.8 Å². The summed E-state index contributed by atoms with van der Waals surface area (Å²) in [4.78, 5) is 13.7. The molecular weight excluding hydrogens is 432 g/mol. The molecule has 4 rings (SSSR count). The van der Waals surface area contributed by atoms with E-state index in [1.165, 1.54) is 6.07 Å². The number of phenols is 3. The highest BCUT2D eigenvalue weighted by Crippen LogP contribution is 2.46. The number of ether oxygens (including phenoxy) is 1. The highest BCUT2D eigenvalue weighted by molar-refractivity contribution is 6.01. The van der Waals surface area contributed by atoms with Gasteiger partial charge in [0.2, 0.25) is 11.2 Å². The molecule has 3 aromatic rings. The lowest BCUT2D eigenvalue weighted by molar-refractivity contribution is 0.157. The van der Waals surface area contributed by atoms with Gasteiger partial charge in [0.25, 0.3) is 0 Å². The third-order valence-electron chi connectivity index (χ3n) is 5.96. The number of fused-ring (bicyclic) bond motifs is 3. The Morgan fingerprint density at radius 2 is 1.59 bits per heavy atom. The lowest BCUT2D eigenvalue weighted by Gasteiger charge is -2.30. The SMILES string of the molecule is CC(C)=CCc1cc2c(=O)c3c(O)c4c(c(CC=C(C)C)c3oc2c(O)c1O)OC(C)(C)C=C4. The van der Waals surface area contributed by atoms with E-state index in [4.69, 9.17) is 9.15 Å². The van der Waals surface area contributed by atoms with Crippen LogP contribution in [0.3, 0.4) is 0 Å². The summed E-state index contributed by atoms with van der Waals surface area (Å²) < 4.78 is 12.3. The quantitative estimate of drug-likeness (QED) is 0.240. The maximum atomic E-state index is 13.7. The Balaban J connectivity index is 2.14. The van der Waals surface area contributed by atoms with Gasteiger partial charge in [-0.2, -0.15) is 0 Å². The van der Waals surface area contributed by atoms with Gasteiger partial charge in [0.05, 0.1) is 10.9 Å². The molecule has 34 heavy (non-hydrogen) atoms. The number of aromatic hydroxyl groups is 3. The smallest absolute Gasteiger partial charge is 0.204 e. The predicted molar refractivity (Wildman–Crippen MR) is 135 cm³/mol. The van der Waals surface area contributed by atoms with Crippen LogP contribution in [0.4, 0.5) is 0 Å². The molecule has 0 saturated carbocycles. The van der Waals surface area contributed by atoms with E-state index in [0.29, 0.717) is 35.3 Å². The number of hydrogen-bond donors (Lipinski definition) is 3. The largest absolute Gasteiger partial charge is 0.506 e. The minimum atomic E-state index is -0.621. The first-order valence-electron chi connectivity index (χ1n) is 11.3. The molecule has 0 radical (unpaired) electrons. The van der Waals surface area contributed by atoms with E-state index in [0.717, 1.165) is 11.1 Å². The van der Waals surface area contributed by atoms with Crippen molar-refractivity contribution < 1.29 is 24.5 Å². The van der Waals surface area contributed by atoms with Crippen molar-refractivity contribution in [3.63, 3.8) is 0 Å². The van der Waals surface area contributed by atoms with Crippen molar-refractivity contribution in [2.45, 2.75) is 60.0 Å². The molecule has 2 aromatic carbocycles. The Kier molecular flexibility index (Phi) is 5.72. The molecule has 0 atom stereocenters. The molecule has 178 valence electrons. The minimum absolute atomic E-state index is 0.0228. The van der Waals surface area contributed by atoms with E-state index in [1.807, 2.05) is 59.8 Å². The second-order valence-corrected chi connectivity index (χ2v) is 9.82. The van der Waals surface area contributed by atoms with Crippen LogP contribution < -0.4 is 10.2 Å². The number of benzene rings is 2. The van der Waals surface area contributed by atoms with Gasteiger partial charge in [-0.25, -0.2) is 0 Å². The Bertz CT molecular complexity index is 1470. The van der Waals surface area contributed by atoms with Gasteiger partial charge in [-0.15, -0.1) is 0 Å². The Hall–Kier alpha value is -3.67. The zero-order chi connectivity index (χ0) is 24.9. The van der Waals surface area contributed by atoms with Crippen LogP contribution in [0.5, 0.6) is 23.0 Å². The van der Waals surface area contributed by atoms with Crippen LogP contribution in [0, 0.1) is 0 Å². The summed E-state index contributed by atoms with van der Waals surface area (Å²) in [7, 11) is 0. The molecular formula is C28H30O6. The van der Waals surface area contributed by atoms with Gasteiger partial charge in [0.15, 0.2) is 11.3 Å². The van der Waals surface area contributed by atoms with Crippen molar-refractivity contribution in [3.05, 3.63) is 62.4 Å². The van der Waals surface area contributed by atoms with Crippen LogP contribution >= 0.6 is 0 Å². The molecule has 3 N–H and O–H groups in total. The highest BCUT2D eigenvalue weighted by Gasteiger charge is 2.31. The molecule has 0 fully saturated rings. The van der Waals surface area contributed by atoms with E-state index in [2.05, 4.69) is 0 Å². The van der Waals surface area contributed by atoms with Crippen molar-refractivity contribution in [2.75, 3.05) is 0 Å². The summed E-state index contributed by atoms with van der Waals surface area (Å²) in [6.07, 6.45) is 8.19. The van der Waals surface area contributed by atoms with Crippen molar-refractivity contribution in [2.24, 2.45) is 0 Å². The average Bonchev–Trinajstić information content (AvgIpc) is 2.74. The fourth-order valence-electron chi connectivity index (χ4n) is 4.11. The number of hydrogen-bond acceptors (Lipinski definition) is 6. The first-order valence-corrected chi connectivity index (χ1v) is 11.3. The molecule has 1 aromatic heterocycles. The molecule has 2 heterocycles. The molecule has 0 unspecified atom stereocenters. The zero-order valence-electron chi connectivity index (χ0n) is 20.4. The summed E-state index contributed by atoms with van der Waals surface area (Å²) in [5.74, 6) is -0.630. The summed E-state index contributed by atoms with van der Waals surface area (Å²) >= 11 is 0. The van der Waals surface area contributed by atoms with E-state index >= 15 is 0 Å². The van der Waals surface area contributed by atoms with Crippen LogP contribution in [0.15, 0.2) is 44.7 Å². The molecule has 6 nitrogen and oxygen atoms in total. The van der Waals surface area contributed by atoms with Crippen molar-refractivity contribution in [1.82, 2.24) is 0 Å². The van der Waals surface area contributed by atoms with Gasteiger partial charge in [0, 0.05) is 11.1 Å². The first kappa shape index (κ1) is 23.5. The van der Waals surface area contributed by atoms with Crippen LogP contribution in [0.2, 0.25) is 0 Å². The van der Waals surface area contributed by atoms with Crippen LogP contribution in [-0.2, 0) is 12.8 Å². The number of phenolic OH excluding ortho intramolecular Hbond substituents is 3. The third-order valence-corrected chi connectivity index (χ3v) is 5.96. The Morgan fingerprint density at radius 1 is 0.941 bits per heavy atom. The average molecular weight is 463 g/mol. The van der Waals surface area contributed by atoms with Crippen molar-refractivity contribution in [3.8, 4) is 23.0 Å². The second-order valence-electron chi connectivity index (χ2n) is 9.82. The van der Waals surface area contributed by atoms with Crippen molar-refractivity contribution in [1.29, 1.82) is 0 Å². The molecule has 1 aliphatic heterocycles. The predicted octanol–water partition coefficient (Wildman–Crippen LogP) is 6.26. The van der Waals surface area contributed by atoms with E-state index in [9.17, 15) is 20.1 Å². The zero-order valence-corrected chi connectivity index (χ0v) is 20.4. The summed E-state index contributed by atoms with van der Waals surface area (Å²) in [6, 6.07) is 1.51. The maximum Gasteiger partial charge on any atom is 0.204 e. The molecule has 6 heteroatoms. The van der Waals surface area contributed by atoms with Gasteiger partial charge < -0.3 is 24.5 Å². The van der Waals surface area contributed by atoms with Crippen LogP contribution in [0.25, 0.3) is 28.0 Å². The lowest BCUT2D eigenvalue weighted by atomic mass is 9.94. The van der Waals surface area contributed by atoms with Crippen molar-refractivity contribution >= 4 is 28.0 Å². The maximum absolute atomic E-state index is 13.7. The highest BCUT2D eigenvalue weighted by atomic mass is 16.5. The van der Waals surface area contributed by atoms with Crippen LogP contribution in [0.1, 0.15) is 58.2 Å². The molecule has 0 saturated heterocycles. The fraction of sp³-hybridized carbons (Fsp3) is 0.321. The summed E-state index contributed by atoms with van der Waals surface area (Å²) in [6.45, 7) is 11.6. The van der Waals surface area contributed by atoms with Gasteiger partial charge in [0.1, 0.15) is 28.1 Å². The molecule has 0 aliphatic carbocycles. The Labute approximate surface area is 198 Å². The van der Waals surface area contributed by atoms with E-state index in [-0.39, 0.29) is 33.4 Å². The summed E-state index contributed by atoms with van der Waals surface area (Å²) in [5.41, 5.74) is 2.40. The van der Waals surface area contributed by atoms with Crippen LogP contribution in [-0.4, -0.2) is 20.9 Å². The normalized spacial score (nSPS) is 14.1. The van der Waals surface area contributed by atoms with E-state index in [1.54, 1.807) is 6.08 Å². The minimum Gasteiger partial charge on any atom is -0.506 e. The fourth-order valence-corrected chi connectivity index (χ4v) is 4.11. The second kappa shape index (κ2) is 8.28. The monoisotopic (exact) mass is 462 g/mol. The van der Waals surface area contributed by atoms with Gasteiger partial charge >= 0.3 is 0 Å². The lowest BCUT2D eigenvalue weighted by Crippen LogP contribution is -2.28. The van der Waals surface area contributed by atoms with Gasteiger partial charge in [-0.3, -0.25) is 4.79 Å². The van der Waals surface area contributed by atoms with Gasteiger partial charge in [-0.05, 0) is 72.6 Å². The molecule has 0 spiro atoms. The third kappa shape index (κ3) is 3.94. The Morgan fingerprint density at radius 3 is 2.24 bits per heavy atom. The number of allylic oxidation sites excluding steroid dienone is 4. The van der Waals surface area contributed by atoms with Gasteiger partial charge in [-0.1, -0.05) is 23.3 Å². The molecule has 0 amide bonds. The summed E-state index contributed by atoms with van der Waals surface area (Å²) in [5, 5.41) is 32.6. The molecule has 0 bridgehead atoms. The molecule has 1 aliphatic rings. The standard InChI is InChI=1S/C28H30O6/c1-14(2)7-9-16-13-19-23(31)20-22(30)17-11-12-28(5,6)34-25(17)18(10-8-15(3)4)26(20)33-27(19)24(32)21(16)29/h7-8,11-13,29-30,32H,9-10H2,1-6H3.